The lowest BCUT2D eigenvalue weighted by Crippen LogP contribution is -2.37. The van der Waals surface area contributed by atoms with Crippen molar-refractivity contribution in [1.29, 1.82) is 0 Å². The summed E-state index contributed by atoms with van der Waals surface area (Å²) < 4.78 is 0. The van der Waals surface area contributed by atoms with E-state index >= 15 is 0 Å². The molecule has 0 radical (unpaired) electrons. The molecule has 0 saturated heterocycles. The fraction of sp³-hybridized carbons (Fsp3) is 0.375. The van der Waals surface area contributed by atoms with E-state index in [9.17, 15) is 9.59 Å². The van der Waals surface area contributed by atoms with Crippen LogP contribution in [0.15, 0.2) is 30.3 Å². The molecule has 0 aliphatic carbocycles. The van der Waals surface area contributed by atoms with Crippen LogP contribution in [0.4, 0.5) is 0 Å². The molecule has 5 heteroatoms. The Bertz CT molecular complexity index is 508. The maximum absolute atomic E-state index is 12.1. The Morgan fingerprint density at radius 2 is 1.90 bits per heavy atom. The number of aliphatic hydroxyl groups is 1. The van der Waals surface area contributed by atoms with E-state index < -0.39 is 11.9 Å². The van der Waals surface area contributed by atoms with Gasteiger partial charge in [-0.2, -0.15) is 0 Å². The van der Waals surface area contributed by atoms with E-state index in [1.807, 2.05) is 31.2 Å². The largest absolute Gasteiger partial charge is 0.481 e. The number of carboxylic acids is 1. The summed E-state index contributed by atoms with van der Waals surface area (Å²) >= 11 is 0. The fourth-order valence-corrected chi connectivity index (χ4v) is 1.77. The Balaban J connectivity index is 2.71. The number of hydrogen-bond donors (Lipinski definition) is 2. The minimum absolute atomic E-state index is 0.0764. The van der Waals surface area contributed by atoms with Gasteiger partial charge in [-0.05, 0) is 18.6 Å². The second kappa shape index (κ2) is 8.21. The number of aliphatic carboxylic acids is 1. The zero-order chi connectivity index (χ0) is 15.8. The lowest BCUT2D eigenvalue weighted by Gasteiger charge is -2.22. The molecule has 0 aliphatic rings. The Labute approximate surface area is 124 Å². The van der Waals surface area contributed by atoms with Crippen molar-refractivity contribution in [3.63, 3.8) is 0 Å². The van der Waals surface area contributed by atoms with E-state index in [0.717, 1.165) is 11.1 Å². The Hall–Kier alpha value is -2.14. The second-order valence-electron chi connectivity index (χ2n) is 4.99. The summed E-state index contributed by atoms with van der Waals surface area (Å²) in [5, 5.41) is 17.9. The highest BCUT2D eigenvalue weighted by atomic mass is 16.4. The van der Waals surface area contributed by atoms with Gasteiger partial charge in [-0.1, -0.05) is 36.8 Å². The van der Waals surface area contributed by atoms with E-state index in [-0.39, 0.29) is 25.6 Å². The van der Waals surface area contributed by atoms with Crippen LogP contribution in [-0.4, -0.2) is 46.7 Å². The van der Waals surface area contributed by atoms with Crippen molar-refractivity contribution in [2.45, 2.75) is 13.8 Å². The van der Waals surface area contributed by atoms with Gasteiger partial charge in [0, 0.05) is 19.2 Å². The normalized spacial score (nSPS) is 12.3. The minimum atomic E-state index is -0.965. The van der Waals surface area contributed by atoms with Gasteiger partial charge in [-0.3, -0.25) is 9.59 Å². The van der Waals surface area contributed by atoms with Crippen molar-refractivity contribution in [3.05, 3.63) is 41.5 Å². The molecule has 0 spiro atoms. The van der Waals surface area contributed by atoms with Crippen molar-refractivity contribution in [2.24, 2.45) is 5.92 Å². The van der Waals surface area contributed by atoms with Crippen molar-refractivity contribution >= 4 is 18.0 Å². The average molecular weight is 291 g/mol. The summed E-state index contributed by atoms with van der Waals surface area (Å²) in [6, 6.07) is 7.69. The standard InChI is InChI=1S/C16H21NO4/c1-12-3-5-14(6-4-12)7-8-15(19)17(9-10-18)11-13(2)16(20)21/h3-8,13,18H,9-11H2,1-2H3,(H,20,21)/b8-7+. The van der Waals surface area contributed by atoms with Crippen LogP contribution < -0.4 is 0 Å². The molecule has 0 aromatic heterocycles. The van der Waals surface area contributed by atoms with Crippen molar-refractivity contribution < 1.29 is 19.8 Å². The van der Waals surface area contributed by atoms with E-state index in [0.29, 0.717) is 0 Å². The number of carboxylic acid groups (broad SMARTS) is 1. The number of benzene rings is 1. The molecule has 1 unspecified atom stereocenters. The van der Waals surface area contributed by atoms with Crippen LogP contribution >= 0.6 is 0 Å². The van der Waals surface area contributed by atoms with Crippen molar-refractivity contribution in [1.82, 2.24) is 4.90 Å². The highest BCUT2D eigenvalue weighted by Gasteiger charge is 2.18. The van der Waals surface area contributed by atoms with Crippen LogP contribution in [0.25, 0.3) is 6.08 Å². The molecule has 0 heterocycles. The molecule has 0 saturated carbocycles. The summed E-state index contributed by atoms with van der Waals surface area (Å²) in [4.78, 5) is 24.3. The molecular weight excluding hydrogens is 270 g/mol. The molecule has 21 heavy (non-hydrogen) atoms. The van der Waals surface area contributed by atoms with E-state index in [1.54, 1.807) is 6.08 Å². The molecule has 2 N–H and O–H groups in total. The van der Waals surface area contributed by atoms with Gasteiger partial charge in [-0.15, -0.1) is 0 Å². The molecule has 1 aromatic rings. The minimum Gasteiger partial charge on any atom is -0.481 e. The number of aryl methyl sites for hydroxylation is 1. The summed E-state index contributed by atoms with van der Waals surface area (Å²) in [6.45, 7) is 3.51. The van der Waals surface area contributed by atoms with Gasteiger partial charge in [0.2, 0.25) is 5.91 Å². The monoisotopic (exact) mass is 291 g/mol. The molecule has 114 valence electrons. The summed E-state index contributed by atoms with van der Waals surface area (Å²) in [7, 11) is 0. The maximum atomic E-state index is 12.1. The van der Waals surface area contributed by atoms with E-state index in [2.05, 4.69) is 0 Å². The predicted molar refractivity (Wildman–Crippen MR) is 80.7 cm³/mol. The Morgan fingerprint density at radius 1 is 1.29 bits per heavy atom. The summed E-state index contributed by atoms with van der Waals surface area (Å²) in [6.07, 6.45) is 3.08. The quantitative estimate of drug-likeness (QED) is 0.747. The Morgan fingerprint density at radius 3 is 2.43 bits per heavy atom. The summed E-state index contributed by atoms with van der Waals surface area (Å²) in [5.74, 6) is -1.95. The zero-order valence-electron chi connectivity index (χ0n) is 12.3. The first-order valence-electron chi connectivity index (χ1n) is 6.81. The number of rotatable bonds is 7. The van der Waals surface area contributed by atoms with Gasteiger partial charge in [0.05, 0.1) is 12.5 Å². The first kappa shape index (κ1) is 16.9. The SMILES string of the molecule is Cc1ccc(/C=C/C(=O)N(CCO)CC(C)C(=O)O)cc1. The van der Waals surface area contributed by atoms with E-state index in [4.69, 9.17) is 10.2 Å². The van der Waals surface area contributed by atoms with Gasteiger partial charge < -0.3 is 15.1 Å². The van der Waals surface area contributed by atoms with Crippen LogP contribution in [0, 0.1) is 12.8 Å². The average Bonchev–Trinajstić information content (AvgIpc) is 2.45. The Kier molecular flexibility index (Phi) is 6.62. The fourth-order valence-electron chi connectivity index (χ4n) is 1.77. The van der Waals surface area contributed by atoms with Crippen molar-refractivity contribution in [2.75, 3.05) is 19.7 Å². The van der Waals surface area contributed by atoms with Crippen molar-refractivity contribution in [3.8, 4) is 0 Å². The number of amides is 1. The first-order valence-corrected chi connectivity index (χ1v) is 6.81. The second-order valence-corrected chi connectivity index (χ2v) is 4.99. The third kappa shape index (κ3) is 5.79. The zero-order valence-corrected chi connectivity index (χ0v) is 12.3. The van der Waals surface area contributed by atoms with Gasteiger partial charge >= 0.3 is 5.97 Å². The molecule has 5 nitrogen and oxygen atoms in total. The van der Waals surface area contributed by atoms with Crippen LogP contribution in [-0.2, 0) is 9.59 Å². The molecule has 1 amide bonds. The van der Waals surface area contributed by atoms with Crippen LogP contribution in [0.2, 0.25) is 0 Å². The smallest absolute Gasteiger partial charge is 0.308 e. The molecule has 1 rings (SSSR count). The van der Waals surface area contributed by atoms with Gasteiger partial charge in [0.1, 0.15) is 0 Å². The molecule has 0 bridgehead atoms. The molecular formula is C16H21NO4. The topological polar surface area (TPSA) is 77.8 Å². The lowest BCUT2D eigenvalue weighted by molar-refractivity contribution is -0.142. The predicted octanol–water partition coefficient (Wildman–Crippen LogP) is 1.55. The molecule has 0 fully saturated rings. The number of carbonyl (C=O) groups is 2. The third-order valence-corrected chi connectivity index (χ3v) is 3.09. The van der Waals surface area contributed by atoms with E-state index in [1.165, 1.54) is 17.9 Å². The van der Waals surface area contributed by atoms with Crippen LogP contribution in [0.3, 0.4) is 0 Å². The van der Waals surface area contributed by atoms with Crippen LogP contribution in [0.1, 0.15) is 18.1 Å². The van der Waals surface area contributed by atoms with Crippen LogP contribution in [0.5, 0.6) is 0 Å². The highest BCUT2D eigenvalue weighted by molar-refractivity contribution is 5.92. The lowest BCUT2D eigenvalue weighted by atomic mass is 10.1. The summed E-state index contributed by atoms with van der Waals surface area (Å²) in [5.41, 5.74) is 2.03. The van der Waals surface area contributed by atoms with Gasteiger partial charge in [0.25, 0.3) is 0 Å². The number of nitrogens with zero attached hydrogens (tertiary/aromatic N) is 1. The molecule has 0 aliphatic heterocycles. The van der Waals surface area contributed by atoms with Gasteiger partial charge in [-0.25, -0.2) is 0 Å². The molecule has 1 aromatic carbocycles. The highest BCUT2D eigenvalue weighted by Crippen LogP contribution is 2.07. The maximum Gasteiger partial charge on any atom is 0.308 e. The number of hydrogen-bond acceptors (Lipinski definition) is 3. The number of carbonyl (C=O) groups excluding carboxylic acids is 1. The van der Waals surface area contributed by atoms with Gasteiger partial charge in [0.15, 0.2) is 0 Å². The number of aliphatic hydroxyl groups excluding tert-OH is 1. The first-order chi connectivity index (χ1) is 9.93. The third-order valence-electron chi connectivity index (χ3n) is 3.09. The molecule has 1 atom stereocenters.